The molecular weight excluding hydrogens is 647 g/mol. The fourth-order valence-electron chi connectivity index (χ4n) is 4.43. The summed E-state index contributed by atoms with van der Waals surface area (Å²) in [6, 6.07) is 39.5. The van der Waals surface area contributed by atoms with Crippen molar-refractivity contribution in [3.63, 3.8) is 0 Å². The molecule has 0 saturated heterocycles. The zero-order valence-electron chi connectivity index (χ0n) is 20.3. The summed E-state index contributed by atoms with van der Waals surface area (Å²) in [6.07, 6.45) is 7.04. The third-order valence-electron chi connectivity index (χ3n) is 6.03. The van der Waals surface area contributed by atoms with Gasteiger partial charge in [-0.05, 0) is 41.8 Å². The van der Waals surface area contributed by atoms with Crippen LogP contribution >= 0.6 is 0 Å². The molecule has 6 heteroatoms. The number of hydrogen-bond donors (Lipinski definition) is 0. The maximum atomic E-state index is 4.48. The van der Waals surface area contributed by atoms with E-state index in [1.54, 1.807) is 24.8 Å². The molecule has 1 radical (unpaired) electrons. The normalized spacial score (nSPS) is 10.4. The Morgan fingerprint density at radius 3 is 1.71 bits per heavy atom. The van der Waals surface area contributed by atoms with E-state index in [9.17, 15) is 0 Å². The van der Waals surface area contributed by atoms with Gasteiger partial charge in [-0.25, -0.2) is 9.97 Å². The summed E-state index contributed by atoms with van der Waals surface area (Å²) in [4.78, 5) is 19.8. The Morgan fingerprint density at radius 2 is 1.05 bits per heavy atom. The van der Waals surface area contributed by atoms with Gasteiger partial charge in [0.2, 0.25) is 0 Å². The van der Waals surface area contributed by atoms with Crippen LogP contribution in [0.15, 0.2) is 134 Å². The van der Waals surface area contributed by atoms with E-state index in [0.717, 1.165) is 39.1 Å². The van der Waals surface area contributed by atoms with Crippen molar-refractivity contribution in [2.24, 2.45) is 0 Å². The molecule has 5 nitrogen and oxygen atoms in total. The van der Waals surface area contributed by atoms with Crippen LogP contribution in [0, 0.1) is 6.07 Å². The number of anilines is 3. The van der Waals surface area contributed by atoms with E-state index in [4.69, 9.17) is 0 Å². The molecule has 0 fully saturated rings. The average Bonchev–Trinajstić information content (AvgIpc) is 3.00. The quantitative estimate of drug-likeness (QED) is 0.143. The first-order valence-electron chi connectivity index (χ1n) is 12.0. The van der Waals surface area contributed by atoms with Gasteiger partial charge in [0.1, 0.15) is 11.6 Å². The van der Waals surface area contributed by atoms with E-state index >= 15 is 0 Å². The Bertz CT molecular complexity index is 1460. The smallest absolute Gasteiger partial charge is 0.138 e. The van der Waals surface area contributed by atoms with Crippen LogP contribution in [-0.2, 0) is 20.1 Å². The van der Waals surface area contributed by atoms with Crippen molar-refractivity contribution >= 4 is 49.9 Å². The van der Waals surface area contributed by atoms with Gasteiger partial charge in [-0.1, -0.05) is 65.4 Å². The Labute approximate surface area is 234 Å². The minimum Gasteiger partial charge on any atom is -0.301 e. The number of hydrogen-bond acceptors (Lipinski definition) is 5. The van der Waals surface area contributed by atoms with Crippen LogP contribution in [0.2, 0.25) is 0 Å². The third kappa shape index (κ3) is 5.00. The van der Waals surface area contributed by atoms with Gasteiger partial charge >= 0.3 is 0 Å². The van der Waals surface area contributed by atoms with Crippen LogP contribution in [0.1, 0.15) is 0 Å². The number of benzene rings is 4. The molecule has 0 unspecified atom stereocenters. The molecule has 0 bridgehead atoms. The molecule has 0 aliphatic carbocycles. The zero-order valence-corrected chi connectivity index (χ0v) is 22.7. The Hall–Kier alpha value is -4.51. The molecule has 185 valence electrons. The van der Waals surface area contributed by atoms with Gasteiger partial charge in [-0.2, -0.15) is 0 Å². The van der Waals surface area contributed by atoms with Crippen LogP contribution in [0.3, 0.4) is 0 Å². The SMILES string of the molecule is [Ir].[c-]1cccc2c1c1nccnc1c1ccccc21.c1ccc(N(c2ccccn2)c2ccccn2)cc1. The van der Waals surface area contributed by atoms with E-state index in [-0.39, 0.29) is 20.1 Å². The molecule has 4 aromatic carbocycles. The van der Waals surface area contributed by atoms with Gasteiger partial charge in [0, 0.05) is 56.1 Å². The first kappa shape index (κ1) is 25.2. The average molecular weight is 669 g/mol. The van der Waals surface area contributed by atoms with Gasteiger partial charge in [0.25, 0.3) is 0 Å². The van der Waals surface area contributed by atoms with Crippen molar-refractivity contribution in [2.75, 3.05) is 4.90 Å². The predicted octanol–water partition coefficient (Wildman–Crippen LogP) is 7.68. The maximum absolute atomic E-state index is 4.48. The molecule has 0 atom stereocenters. The van der Waals surface area contributed by atoms with Gasteiger partial charge in [-0.15, -0.1) is 29.7 Å². The number of nitrogens with zero attached hydrogens (tertiary/aromatic N) is 5. The summed E-state index contributed by atoms with van der Waals surface area (Å²) in [5, 5.41) is 4.57. The van der Waals surface area contributed by atoms with Gasteiger partial charge < -0.3 is 4.98 Å². The van der Waals surface area contributed by atoms with Crippen LogP contribution in [-0.4, -0.2) is 19.9 Å². The van der Waals surface area contributed by atoms with E-state index < -0.39 is 0 Å². The van der Waals surface area contributed by atoms with Gasteiger partial charge in [0.05, 0.1) is 5.52 Å². The van der Waals surface area contributed by atoms with Crippen molar-refractivity contribution in [3.05, 3.63) is 140 Å². The maximum Gasteiger partial charge on any atom is 0.138 e. The number of pyridine rings is 2. The standard InChI is InChI=1S/C16H13N3.C16H9N2.Ir/c1-2-8-14(9-3-1)19(15-10-4-6-12-17-15)16-11-5-7-13-18-16;1-3-7-13-11(5-1)12-6-2-4-8-14(12)16-15(13)17-9-10-18-16;/h1-13H;1-7,9-10H;/q;-1;. The van der Waals surface area contributed by atoms with Crippen molar-refractivity contribution in [1.82, 2.24) is 19.9 Å². The summed E-state index contributed by atoms with van der Waals surface area (Å²) in [7, 11) is 0. The summed E-state index contributed by atoms with van der Waals surface area (Å²) >= 11 is 0. The monoisotopic (exact) mass is 669 g/mol. The second-order valence-electron chi connectivity index (χ2n) is 8.30. The van der Waals surface area contributed by atoms with E-state index in [0.29, 0.717) is 0 Å². The number of fused-ring (bicyclic) bond motifs is 6. The minimum atomic E-state index is 0. The second kappa shape index (κ2) is 11.7. The van der Waals surface area contributed by atoms with Crippen molar-refractivity contribution in [1.29, 1.82) is 0 Å². The van der Waals surface area contributed by atoms with Crippen LogP contribution in [0.5, 0.6) is 0 Å². The van der Waals surface area contributed by atoms with Gasteiger partial charge in [0.15, 0.2) is 0 Å². The van der Waals surface area contributed by atoms with E-state index in [1.165, 1.54) is 10.8 Å². The third-order valence-corrected chi connectivity index (χ3v) is 6.03. The van der Waals surface area contributed by atoms with Crippen LogP contribution < -0.4 is 4.90 Å². The topological polar surface area (TPSA) is 54.8 Å². The fourth-order valence-corrected chi connectivity index (χ4v) is 4.43. The molecule has 38 heavy (non-hydrogen) atoms. The molecule has 7 rings (SSSR count). The van der Waals surface area contributed by atoms with E-state index in [1.807, 2.05) is 89.8 Å². The van der Waals surface area contributed by atoms with Crippen molar-refractivity contribution in [3.8, 4) is 0 Å². The molecule has 0 spiro atoms. The van der Waals surface area contributed by atoms with Crippen molar-refractivity contribution < 1.29 is 20.1 Å². The van der Waals surface area contributed by atoms with Crippen molar-refractivity contribution in [2.45, 2.75) is 0 Å². The molecule has 3 aromatic heterocycles. The summed E-state index contributed by atoms with van der Waals surface area (Å²) < 4.78 is 0. The molecule has 0 amide bonds. The van der Waals surface area contributed by atoms with Crippen LogP contribution in [0.4, 0.5) is 17.3 Å². The first-order chi connectivity index (χ1) is 18.4. The Balaban J connectivity index is 0.000000151. The zero-order chi connectivity index (χ0) is 24.9. The molecule has 0 aliphatic heterocycles. The molecule has 0 saturated carbocycles. The Morgan fingerprint density at radius 1 is 0.474 bits per heavy atom. The molecule has 7 aromatic rings. The summed E-state index contributed by atoms with van der Waals surface area (Å²) in [5.74, 6) is 1.71. The summed E-state index contributed by atoms with van der Waals surface area (Å²) in [6.45, 7) is 0. The summed E-state index contributed by atoms with van der Waals surface area (Å²) in [5.41, 5.74) is 2.91. The molecule has 0 aliphatic rings. The van der Waals surface area contributed by atoms with E-state index in [2.05, 4.69) is 50.3 Å². The molecule has 0 N–H and O–H groups in total. The van der Waals surface area contributed by atoms with Gasteiger partial charge in [-0.3, -0.25) is 9.88 Å². The predicted molar refractivity (Wildman–Crippen MR) is 150 cm³/mol. The molecular formula is C32H22IrN5-. The second-order valence-corrected chi connectivity index (χ2v) is 8.30. The number of para-hydroxylation sites is 1. The largest absolute Gasteiger partial charge is 0.301 e. The fraction of sp³-hybridized carbons (Fsp3) is 0. The Kier molecular flexibility index (Phi) is 7.74. The van der Waals surface area contributed by atoms with Crippen LogP contribution in [0.25, 0.3) is 32.6 Å². The molecule has 3 heterocycles. The number of aromatic nitrogens is 4. The first-order valence-corrected chi connectivity index (χ1v) is 12.0. The number of rotatable bonds is 3. The minimum absolute atomic E-state index is 0.